The number of alkyl carbamates (subject to hydrolysis) is 1. The quantitative estimate of drug-likeness (QED) is 0.768. The molecule has 0 fully saturated rings. The van der Waals surface area contributed by atoms with Gasteiger partial charge in [-0.25, -0.2) is 4.79 Å². The van der Waals surface area contributed by atoms with Crippen molar-refractivity contribution in [1.29, 1.82) is 0 Å². The summed E-state index contributed by atoms with van der Waals surface area (Å²) >= 11 is 0. The Morgan fingerprint density at radius 2 is 1.88 bits per heavy atom. The molecule has 24 heavy (non-hydrogen) atoms. The third kappa shape index (κ3) is 7.62. The highest BCUT2D eigenvalue weighted by molar-refractivity contribution is 5.96. The molecule has 3 N–H and O–H groups in total. The second-order valence-electron chi connectivity index (χ2n) is 6.47. The first kappa shape index (κ1) is 19.5. The molecule has 0 aliphatic rings. The smallest absolute Gasteiger partial charge is 0.407 e. The summed E-state index contributed by atoms with van der Waals surface area (Å²) in [7, 11) is 0. The number of rotatable bonds is 5. The van der Waals surface area contributed by atoms with Crippen molar-refractivity contribution in [2.45, 2.75) is 52.8 Å². The van der Waals surface area contributed by atoms with Gasteiger partial charge in [0.05, 0.1) is 0 Å². The van der Waals surface area contributed by atoms with Crippen LogP contribution >= 0.6 is 0 Å². The second-order valence-corrected chi connectivity index (χ2v) is 6.47. The van der Waals surface area contributed by atoms with Gasteiger partial charge in [-0.2, -0.15) is 0 Å². The Morgan fingerprint density at radius 3 is 2.46 bits per heavy atom. The standard InChI is InChI=1S/C17H25N3O4/c1-11(19-12(2)21)15(22)20-14-8-6-7-13(9-14)10-18-16(23)24-17(3,4)5/h6-9,11H,10H2,1-5H3,(H,18,23)(H,19,21)(H,20,22). The third-order valence-corrected chi connectivity index (χ3v) is 2.84. The lowest BCUT2D eigenvalue weighted by molar-refractivity contribution is -0.124. The molecule has 7 heteroatoms. The molecule has 0 bridgehead atoms. The van der Waals surface area contributed by atoms with Crippen LogP contribution in [0.25, 0.3) is 0 Å². The van der Waals surface area contributed by atoms with Crippen molar-refractivity contribution in [3.8, 4) is 0 Å². The fraction of sp³-hybridized carbons (Fsp3) is 0.471. The number of benzene rings is 1. The molecule has 0 aliphatic heterocycles. The van der Waals surface area contributed by atoms with Gasteiger partial charge in [0.1, 0.15) is 11.6 Å². The van der Waals surface area contributed by atoms with Crippen molar-refractivity contribution < 1.29 is 19.1 Å². The highest BCUT2D eigenvalue weighted by Gasteiger charge is 2.16. The van der Waals surface area contributed by atoms with E-state index in [1.165, 1.54) is 6.92 Å². The summed E-state index contributed by atoms with van der Waals surface area (Å²) in [4.78, 5) is 34.6. The van der Waals surface area contributed by atoms with Crippen LogP contribution in [0.15, 0.2) is 24.3 Å². The SMILES string of the molecule is CC(=O)NC(C)C(=O)Nc1cccc(CNC(=O)OC(C)(C)C)c1. The third-order valence-electron chi connectivity index (χ3n) is 2.84. The van der Waals surface area contributed by atoms with Crippen LogP contribution in [0, 0.1) is 0 Å². The lowest BCUT2D eigenvalue weighted by Gasteiger charge is -2.19. The Balaban J connectivity index is 2.59. The lowest BCUT2D eigenvalue weighted by atomic mass is 10.2. The molecule has 1 unspecified atom stereocenters. The molecule has 0 saturated heterocycles. The molecule has 0 heterocycles. The Kier molecular flexibility index (Phi) is 6.76. The molecule has 0 saturated carbocycles. The highest BCUT2D eigenvalue weighted by atomic mass is 16.6. The van der Waals surface area contributed by atoms with Gasteiger partial charge < -0.3 is 20.7 Å². The number of nitrogens with one attached hydrogen (secondary N) is 3. The predicted molar refractivity (Wildman–Crippen MR) is 91.4 cm³/mol. The highest BCUT2D eigenvalue weighted by Crippen LogP contribution is 2.12. The van der Waals surface area contributed by atoms with Crippen LogP contribution in [0.4, 0.5) is 10.5 Å². The van der Waals surface area contributed by atoms with Gasteiger partial charge in [-0.1, -0.05) is 12.1 Å². The molecule has 1 atom stereocenters. The molecule has 0 radical (unpaired) electrons. The summed E-state index contributed by atoms with van der Waals surface area (Å²) in [5, 5.41) is 7.88. The fourth-order valence-electron chi connectivity index (χ4n) is 1.87. The van der Waals surface area contributed by atoms with E-state index in [2.05, 4.69) is 16.0 Å². The summed E-state index contributed by atoms with van der Waals surface area (Å²) in [6.07, 6.45) is -0.504. The molecule has 1 rings (SSSR count). The van der Waals surface area contributed by atoms with Gasteiger partial charge in [-0.15, -0.1) is 0 Å². The Hall–Kier alpha value is -2.57. The fourth-order valence-corrected chi connectivity index (χ4v) is 1.87. The molecule has 132 valence electrons. The molecular formula is C17H25N3O4. The summed E-state index contributed by atoms with van der Waals surface area (Å²) < 4.78 is 5.16. The molecule has 0 spiro atoms. The number of carbonyl (C=O) groups is 3. The average molecular weight is 335 g/mol. The van der Waals surface area contributed by atoms with Crippen molar-refractivity contribution in [3.05, 3.63) is 29.8 Å². The molecule has 7 nitrogen and oxygen atoms in total. The van der Waals surface area contributed by atoms with Crippen LogP contribution in [-0.4, -0.2) is 29.6 Å². The van der Waals surface area contributed by atoms with Gasteiger partial charge >= 0.3 is 6.09 Å². The van der Waals surface area contributed by atoms with Crippen LogP contribution in [0.2, 0.25) is 0 Å². The predicted octanol–water partition coefficient (Wildman–Crippen LogP) is 2.17. The first-order valence-electron chi connectivity index (χ1n) is 7.70. The van der Waals surface area contributed by atoms with Crippen molar-refractivity contribution in [2.75, 3.05) is 5.32 Å². The van der Waals surface area contributed by atoms with Crippen LogP contribution < -0.4 is 16.0 Å². The number of carbonyl (C=O) groups excluding carboxylic acids is 3. The minimum Gasteiger partial charge on any atom is -0.444 e. The number of amides is 3. The number of hydrogen-bond acceptors (Lipinski definition) is 4. The normalized spacial score (nSPS) is 12.0. The van der Waals surface area contributed by atoms with Crippen LogP contribution in [0.1, 0.15) is 40.2 Å². The zero-order valence-electron chi connectivity index (χ0n) is 14.7. The first-order chi connectivity index (χ1) is 11.1. The van der Waals surface area contributed by atoms with E-state index in [-0.39, 0.29) is 18.4 Å². The van der Waals surface area contributed by atoms with Gasteiger partial charge in [-0.3, -0.25) is 9.59 Å². The lowest BCUT2D eigenvalue weighted by Crippen LogP contribution is -2.40. The van der Waals surface area contributed by atoms with Gasteiger partial charge in [-0.05, 0) is 45.4 Å². The van der Waals surface area contributed by atoms with E-state index >= 15 is 0 Å². The molecular weight excluding hydrogens is 310 g/mol. The summed E-state index contributed by atoms with van der Waals surface area (Å²) in [5.74, 6) is -0.588. The van der Waals surface area contributed by atoms with Crippen LogP contribution in [-0.2, 0) is 20.9 Å². The Morgan fingerprint density at radius 1 is 1.21 bits per heavy atom. The van der Waals surface area contributed by atoms with Crippen molar-refractivity contribution in [3.63, 3.8) is 0 Å². The second kappa shape index (κ2) is 8.33. The summed E-state index contributed by atoms with van der Waals surface area (Å²) in [6, 6.07) is 6.44. The molecule has 1 aromatic rings. The maximum atomic E-state index is 12.0. The Bertz CT molecular complexity index is 608. The van der Waals surface area contributed by atoms with E-state index in [0.29, 0.717) is 5.69 Å². The Labute approximate surface area is 142 Å². The van der Waals surface area contributed by atoms with Crippen molar-refractivity contribution in [2.24, 2.45) is 0 Å². The van der Waals surface area contributed by atoms with E-state index in [4.69, 9.17) is 4.74 Å². The van der Waals surface area contributed by atoms with Crippen molar-refractivity contribution in [1.82, 2.24) is 10.6 Å². The maximum absolute atomic E-state index is 12.0. The monoisotopic (exact) mass is 335 g/mol. The van der Waals surface area contributed by atoms with Gasteiger partial charge in [0.2, 0.25) is 11.8 Å². The van der Waals surface area contributed by atoms with Crippen LogP contribution in [0.3, 0.4) is 0 Å². The first-order valence-corrected chi connectivity index (χ1v) is 7.70. The number of anilines is 1. The molecule has 0 aliphatic carbocycles. The van der Waals surface area contributed by atoms with E-state index in [9.17, 15) is 14.4 Å². The number of ether oxygens (including phenoxy) is 1. The minimum atomic E-state index is -0.633. The number of hydrogen-bond donors (Lipinski definition) is 3. The summed E-state index contributed by atoms with van der Waals surface area (Å²) in [6.45, 7) is 8.61. The largest absolute Gasteiger partial charge is 0.444 e. The average Bonchev–Trinajstić information content (AvgIpc) is 2.43. The zero-order chi connectivity index (χ0) is 18.3. The van der Waals surface area contributed by atoms with E-state index in [1.807, 2.05) is 6.07 Å². The maximum Gasteiger partial charge on any atom is 0.407 e. The van der Waals surface area contributed by atoms with E-state index < -0.39 is 17.7 Å². The van der Waals surface area contributed by atoms with Gasteiger partial charge in [0.15, 0.2) is 0 Å². The topological polar surface area (TPSA) is 96.5 Å². The zero-order valence-corrected chi connectivity index (χ0v) is 14.7. The molecule has 3 amide bonds. The van der Waals surface area contributed by atoms with Gasteiger partial charge in [0, 0.05) is 19.2 Å². The van der Waals surface area contributed by atoms with Gasteiger partial charge in [0.25, 0.3) is 0 Å². The van der Waals surface area contributed by atoms with Crippen LogP contribution in [0.5, 0.6) is 0 Å². The van der Waals surface area contributed by atoms with E-state index in [1.54, 1.807) is 45.9 Å². The van der Waals surface area contributed by atoms with Crippen molar-refractivity contribution >= 4 is 23.6 Å². The minimum absolute atomic E-state index is 0.270. The molecule has 1 aromatic carbocycles. The summed E-state index contributed by atoms with van der Waals surface area (Å²) in [5.41, 5.74) is 0.839. The van der Waals surface area contributed by atoms with E-state index in [0.717, 1.165) is 5.56 Å². The molecule has 0 aromatic heterocycles.